The lowest BCUT2D eigenvalue weighted by Gasteiger charge is -2.42. The molecule has 0 bridgehead atoms. The number of nitrogens with two attached hydrogens (primary N) is 1. The number of rotatable bonds is 5. The highest BCUT2D eigenvalue weighted by molar-refractivity contribution is 6.30. The van der Waals surface area contributed by atoms with Crippen molar-refractivity contribution in [3.05, 3.63) is 64.7 Å². The van der Waals surface area contributed by atoms with Crippen molar-refractivity contribution >= 4 is 39.4 Å². The Morgan fingerprint density at radius 2 is 1.86 bits per heavy atom. The van der Waals surface area contributed by atoms with Crippen molar-refractivity contribution in [1.29, 1.82) is 0 Å². The Bertz CT molecular complexity index is 1400. The Morgan fingerprint density at radius 3 is 2.54 bits per heavy atom. The Hall–Kier alpha value is -2.93. The molecule has 0 radical (unpaired) electrons. The fraction of sp³-hybridized carbons (Fsp3) is 0.357. The van der Waals surface area contributed by atoms with Crippen molar-refractivity contribution in [2.75, 3.05) is 26.2 Å². The number of benzene rings is 2. The molecule has 1 aliphatic rings. The molecule has 3 N–H and O–H groups in total. The largest absolute Gasteiger partial charge is 0.369 e. The number of hydrogen-bond acceptors (Lipinski definition) is 4. The number of hydrogen-bond donors (Lipinski definition) is 2. The van der Waals surface area contributed by atoms with Crippen molar-refractivity contribution < 1.29 is 4.79 Å². The van der Waals surface area contributed by atoms with Gasteiger partial charge in [0.1, 0.15) is 0 Å². The fourth-order valence-electron chi connectivity index (χ4n) is 5.02. The highest BCUT2D eigenvalue weighted by atomic mass is 35.5. The number of piperazine rings is 1. The van der Waals surface area contributed by atoms with Gasteiger partial charge >= 0.3 is 0 Å². The lowest BCUT2D eigenvalue weighted by atomic mass is 10.0. The molecule has 0 unspecified atom stereocenters. The molecule has 35 heavy (non-hydrogen) atoms. The van der Waals surface area contributed by atoms with Gasteiger partial charge in [0.25, 0.3) is 0 Å². The third-order valence-corrected chi connectivity index (χ3v) is 7.15. The number of aromatic nitrogens is 2. The van der Waals surface area contributed by atoms with Crippen LogP contribution in [-0.2, 0) is 17.8 Å². The van der Waals surface area contributed by atoms with Gasteiger partial charge in [-0.25, -0.2) is 4.98 Å². The van der Waals surface area contributed by atoms with Crippen LogP contribution in [0.5, 0.6) is 0 Å². The van der Waals surface area contributed by atoms with E-state index in [2.05, 4.69) is 53.8 Å². The molecule has 0 spiro atoms. The van der Waals surface area contributed by atoms with Crippen molar-refractivity contribution in [3.8, 4) is 11.3 Å². The number of fused-ring (bicyclic) bond motifs is 3. The first-order valence-corrected chi connectivity index (χ1v) is 12.5. The summed E-state index contributed by atoms with van der Waals surface area (Å²) in [7, 11) is 0. The van der Waals surface area contributed by atoms with Crippen LogP contribution >= 0.6 is 11.6 Å². The number of amides is 1. The highest BCUT2D eigenvalue weighted by Crippen LogP contribution is 2.32. The van der Waals surface area contributed by atoms with Crippen molar-refractivity contribution in [1.82, 2.24) is 19.8 Å². The molecule has 0 aliphatic carbocycles. The Balaban J connectivity index is 1.48. The van der Waals surface area contributed by atoms with E-state index in [0.29, 0.717) is 5.02 Å². The number of H-pyrrole nitrogens is 1. The highest BCUT2D eigenvalue weighted by Gasteiger charge is 2.25. The molecule has 7 heteroatoms. The van der Waals surface area contributed by atoms with E-state index in [1.165, 1.54) is 5.56 Å². The maximum absolute atomic E-state index is 11.8. The monoisotopic (exact) mass is 489 g/mol. The van der Waals surface area contributed by atoms with E-state index in [9.17, 15) is 4.79 Å². The van der Waals surface area contributed by atoms with Crippen molar-refractivity contribution in [2.24, 2.45) is 5.73 Å². The fourth-order valence-corrected chi connectivity index (χ4v) is 5.21. The first-order chi connectivity index (χ1) is 16.7. The molecule has 4 aromatic rings. The number of carbonyl (C=O) groups excluding carboxylic acids is 1. The predicted molar refractivity (Wildman–Crippen MR) is 144 cm³/mol. The number of aromatic amines is 1. The molecule has 2 aromatic carbocycles. The average Bonchev–Trinajstić information content (AvgIpc) is 3.17. The maximum atomic E-state index is 11.8. The summed E-state index contributed by atoms with van der Waals surface area (Å²) in [4.78, 5) is 25.4. The van der Waals surface area contributed by atoms with Crippen LogP contribution < -0.4 is 5.73 Å². The van der Waals surface area contributed by atoms with E-state index in [1.54, 1.807) is 0 Å². The normalized spacial score (nSPS) is 15.8. The minimum absolute atomic E-state index is 0.143. The summed E-state index contributed by atoms with van der Waals surface area (Å²) in [6, 6.07) is 16.1. The van der Waals surface area contributed by atoms with E-state index in [0.717, 1.165) is 71.5 Å². The summed E-state index contributed by atoms with van der Waals surface area (Å²) in [6.45, 7) is 12.1. The molecule has 1 amide bonds. The van der Waals surface area contributed by atoms with Gasteiger partial charge in [-0.2, -0.15) is 0 Å². The summed E-state index contributed by atoms with van der Waals surface area (Å²) in [5.41, 5.74) is 12.3. The Kier molecular flexibility index (Phi) is 6.30. The molecule has 3 heterocycles. The topological polar surface area (TPSA) is 78.2 Å². The van der Waals surface area contributed by atoms with Crippen molar-refractivity contribution in [3.63, 3.8) is 0 Å². The van der Waals surface area contributed by atoms with Crippen LogP contribution in [0.25, 0.3) is 33.2 Å². The standard InChI is InChI=1S/C28H32ClN5O/c1-28(2,3)34-11-9-33(10-12-34)17-18-7-8-22-24(13-18)32-26-20(16-25(30)35)15-23(31-27(22)26)19-5-4-6-21(29)14-19/h4-8,13-15,32H,9-12,16-17H2,1-3H3,(H2,30,35). The maximum Gasteiger partial charge on any atom is 0.221 e. The van der Waals surface area contributed by atoms with Crippen LogP contribution in [-0.4, -0.2) is 57.4 Å². The van der Waals surface area contributed by atoms with Gasteiger partial charge in [0.05, 0.1) is 23.1 Å². The number of nitrogens with one attached hydrogen (secondary N) is 1. The second kappa shape index (κ2) is 9.26. The third kappa shape index (κ3) is 5.06. The average molecular weight is 490 g/mol. The molecule has 0 saturated carbocycles. The van der Waals surface area contributed by atoms with Gasteiger partial charge in [-0.05, 0) is 56.2 Å². The van der Waals surface area contributed by atoms with Crippen LogP contribution in [0.15, 0.2) is 48.5 Å². The zero-order valence-corrected chi connectivity index (χ0v) is 21.3. The van der Waals surface area contributed by atoms with Crippen molar-refractivity contribution in [2.45, 2.75) is 39.3 Å². The molecule has 1 fully saturated rings. The zero-order valence-electron chi connectivity index (χ0n) is 20.6. The second-order valence-electron chi connectivity index (χ2n) is 10.5. The van der Waals surface area contributed by atoms with Crippen LogP contribution in [0.3, 0.4) is 0 Å². The van der Waals surface area contributed by atoms with E-state index < -0.39 is 0 Å². The SMILES string of the molecule is CC(C)(C)N1CCN(Cc2ccc3c(c2)[nH]c2c(CC(N)=O)cc(-c4cccc(Cl)c4)nc23)CC1. The first-order valence-electron chi connectivity index (χ1n) is 12.1. The lowest BCUT2D eigenvalue weighted by molar-refractivity contribution is -0.117. The van der Waals surface area contributed by atoms with E-state index in [4.69, 9.17) is 22.3 Å². The van der Waals surface area contributed by atoms with Gasteiger partial charge in [-0.15, -0.1) is 0 Å². The molecule has 1 saturated heterocycles. The smallest absolute Gasteiger partial charge is 0.221 e. The van der Waals surface area contributed by atoms with Crippen LogP contribution in [0.1, 0.15) is 31.9 Å². The first kappa shape index (κ1) is 23.8. The van der Waals surface area contributed by atoms with Crippen LogP contribution in [0.4, 0.5) is 0 Å². The predicted octanol–water partition coefficient (Wildman–Crippen LogP) is 4.98. The van der Waals surface area contributed by atoms with Gasteiger partial charge in [0.15, 0.2) is 0 Å². The summed E-state index contributed by atoms with van der Waals surface area (Å²) in [5.74, 6) is -0.372. The van der Waals surface area contributed by atoms with Gasteiger partial charge < -0.3 is 10.7 Å². The van der Waals surface area contributed by atoms with Gasteiger partial charge in [-0.1, -0.05) is 35.9 Å². The third-order valence-electron chi connectivity index (χ3n) is 6.91. The van der Waals surface area contributed by atoms with E-state index >= 15 is 0 Å². The number of carbonyl (C=O) groups is 1. The molecule has 5 rings (SSSR count). The van der Waals surface area contributed by atoms with Crippen LogP contribution in [0.2, 0.25) is 5.02 Å². The minimum Gasteiger partial charge on any atom is -0.369 e. The Labute approximate surface area is 211 Å². The zero-order chi connectivity index (χ0) is 24.7. The van der Waals surface area contributed by atoms with E-state index in [-0.39, 0.29) is 17.9 Å². The Morgan fingerprint density at radius 1 is 1.09 bits per heavy atom. The summed E-state index contributed by atoms with van der Waals surface area (Å²) in [5, 5.41) is 1.68. The summed E-state index contributed by atoms with van der Waals surface area (Å²) >= 11 is 6.22. The molecular formula is C28H32ClN5O. The van der Waals surface area contributed by atoms with Gasteiger partial charge in [0, 0.05) is 59.8 Å². The van der Waals surface area contributed by atoms with Gasteiger partial charge in [0.2, 0.25) is 5.91 Å². The second-order valence-corrected chi connectivity index (χ2v) is 10.9. The molecule has 6 nitrogen and oxygen atoms in total. The minimum atomic E-state index is -0.372. The van der Waals surface area contributed by atoms with Crippen LogP contribution in [0, 0.1) is 0 Å². The number of halogens is 1. The molecular weight excluding hydrogens is 458 g/mol. The molecule has 0 atom stereocenters. The summed E-state index contributed by atoms with van der Waals surface area (Å²) < 4.78 is 0. The number of pyridine rings is 1. The molecule has 182 valence electrons. The van der Waals surface area contributed by atoms with E-state index in [1.807, 2.05) is 30.3 Å². The quantitative estimate of drug-likeness (QED) is 0.414. The number of nitrogens with zero attached hydrogens (tertiary/aromatic N) is 3. The number of primary amides is 1. The molecule has 2 aromatic heterocycles. The summed E-state index contributed by atoms with van der Waals surface area (Å²) in [6.07, 6.45) is 0.143. The lowest BCUT2D eigenvalue weighted by Crippen LogP contribution is -2.53. The van der Waals surface area contributed by atoms with Gasteiger partial charge in [-0.3, -0.25) is 14.6 Å². The molecule has 1 aliphatic heterocycles.